The molecule has 0 aliphatic carbocycles. The van der Waals surface area contributed by atoms with Crippen LogP contribution < -0.4 is 5.73 Å². The van der Waals surface area contributed by atoms with Crippen molar-refractivity contribution in [2.75, 3.05) is 0 Å². The lowest BCUT2D eigenvalue weighted by molar-refractivity contribution is -0.118. The number of rotatable bonds is 4. The molecule has 0 atom stereocenters. The van der Waals surface area contributed by atoms with Crippen LogP contribution in [0, 0.1) is 25.2 Å². The topological polar surface area (TPSA) is 84.7 Å². The van der Waals surface area contributed by atoms with E-state index < -0.39 is 0 Å². The van der Waals surface area contributed by atoms with Crippen molar-refractivity contribution in [3.8, 4) is 17.2 Å². The summed E-state index contributed by atoms with van der Waals surface area (Å²) >= 11 is 0. The van der Waals surface area contributed by atoms with E-state index in [1.165, 1.54) is 0 Å². The summed E-state index contributed by atoms with van der Waals surface area (Å²) in [5.41, 5.74) is 9.75. The minimum atomic E-state index is -0.336. The van der Waals surface area contributed by atoms with Crippen LogP contribution in [-0.2, 0) is 11.3 Å². The first-order chi connectivity index (χ1) is 9.52. The van der Waals surface area contributed by atoms with E-state index in [0.29, 0.717) is 12.1 Å². The average Bonchev–Trinajstić information content (AvgIpc) is 2.71. The van der Waals surface area contributed by atoms with E-state index in [4.69, 9.17) is 11.0 Å². The van der Waals surface area contributed by atoms with Gasteiger partial charge < -0.3 is 5.73 Å². The largest absolute Gasteiger partial charge is 0.370 e. The van der Waals surface area contributed by atoms with E-state index in [9.17, 15) is 4.79 Å². The highest BCUT2D eigenvalue weighted by atomic mass is 16.1. The molecule has 5 nitrogen and oxygen atoms in total. The zero-order chi connectivity index (χ0) is 14.7. The van der Waals surface area contributed by atoms with Crippen molar-refractivity contribution in [3.05, 3.63) is 41.2 Å². The molecule has 1 aromatic heterocycles. The van der Waals surface area contributed by atoms with Gasteiger partial charge in [-0.25, -0.2) is 0 Å². The number of amides is 1. The van der Waals surface area contributed by atoms with Crippen molar-refractivity contribution >= 4 is 5.91 Å². The molecule has 2 N–H and O–H groups in total. The van der Waals surface area contributed by atoms with Gasteiger partial charge in [0.05, 0.1) is 17.3 Å². The molecule has 0 bridgehead atoms. The molecular formula is C15H16N4O. The summed E-state index contributed by atoms with van der Waals surface area (Å²) in [4.78, 5) is 10.9. The maximum atomic E-state index is 10.9. The van der Waals surface area contributed by atoms with Gasteiger partial charge in [0.1, 0.15) is 0 Å². The average molecular weight is 268 g/mol. The number of nitriles is 1. The smallest absolute Gasteiger partial charge is 0.219 e. The number of primary amides is 1. The van der Waals surface area contributed by atoms with Gasteiger partial charge in [0, 0.05) is 24.2 Å². The molecule has 0 fully saturated rings. The number of aryl methyl sites for hydroxylation is 2. The maximum Gasteiger partial charge on any atom is 0.219 e. The van der Waals surface area contributed by atoms with Gasteiger partial charge >= 0.3 is 0 Å². The Morgan fingerprint density at radius 3 is 2.55 bits per heavy atom. The summed E-state index contributed by atoms with van der Waals surface area (Å²) in [6, 6.07) is 9.50. The van der Waals surface area contributed by atoms with Gasteiger partial charge in [-0.05, 0) is 31.5 Å². The van der Waals surface area contributed by atoms with Crippen molar-refractivity contribution in [2.24, 2.45) is 5.73 Å². The summed E-state index contributed by atoms with van der Waals surface area (Å²) in [7, 11) is 0. The van der Waals surface area contributed by atoms with Crippen molar-refractivity contribution in [1.82, 2.24) is 9.78 Å². The first-order valence-corrected chi connectivity index (χ1v) is 6.35. The standard InChI is InChI=1S/C15H16N4O/c1-10-15(13-5-3-12(9-16)4-6-13)11(2)19(18-10)8-7-14(17)20/h3-6H,7-8H2,1-2H3,(H2,17,20). The quantitative estimate of drug-likeness (QED) is 0.919. The fourth-order valence-corrected chi connectivity index (χ4v) is 2.26. The van der Waals surface area contributed by atoms with E-state index in [-0.39, 0.29) is 12.3 Å². The van der Waals surface area contributed by atoms with Crippen LogP contribution in [0.5, 0.6) is 0 Å². The van der Waals surface area contributed by atoms with Gasteiger partial charge in [-0.15, -0.1) is 0 Å². The molecule has 1 amide bonds. The SMILES string of the molecule is Cc1nn(CCC(N)=O)c(C)c1-c1ccc(C#N)cc1. The number of nitrogens with zero attached hydrogens (tertiary/aromatic N) is 3. The molecule has 1 heterocycles. The number of hydrogen-bond acceptors (Lipinski definition) is 3. The second kappa shape index (κ2) is 5.57. The van der Waals surface area contributed by atoms with Gasteiger partial charge in [-0.3, -0.25) is 9.48 Å². The Morgan fingerprint density at radius 2 is 2.00 bits per heavy atom. The number of hydrogen-bond donors (Lipinski definition) is 1. The fourth-order valence-electron chi connectivity index (χ4n) is 2.26. The number of carbonyl (C=O) groups is 1. The highest BCUT2D eigenvalue weighted by molar-refractivity contribution is 5.73. The molecule has 0 aliphatic heterocycles. The highest BCUT2D eigenvalue weighted by Gasteiger charge is 2.13. The summed E-state index contributed by atoms with van der Waals surface area (Å²) in [6.07, 6.45) is 0.273. The first-order valence-electron chi connectivity index (χ1n) is 6.35. The third-order valence-corrected chi connectivity index (χ3v) is 3.25. The molecule has 0 aliphatic rings. The summed E-state index contributed by atoms with van der Waals surface area (Å²) in [5, 5.41) is 13.3. The third-order valence-electron chi connectivity index (χ3n) is 3.25. The number of benzene rings is 1. The zero-order valence-corrected chi connectivity index (χ0v) is 11.6. The van der Waals surface area contributed by atoms with Crippen molar-refractivity contribution < 1.29 is 4.79 Å². The summed E-state index contributed by atoms with van der Waals surface area (Å²) in [6.45, 7) is 4.38. The predicted molar refractivity (Wildman–Crippen MR) is 75.7 cm³/mol. The molecular weight excluding hydrogens is 252 g/mol. The van der Waals surface area contributed by atoms with Gasteiger partial charge in [0.2, 0.25) is 5.91 Å². The molecule has 0 radical (unpaired) electrons. The van der Waals surface area contributed by atoms with Gasteiger partial charge in [-0.2, -0.15) is 10.4 Å². The second-order valence-electron chi connectivity index (χ2n) is 4.67. The Bertz CT molecular complexity index is 677. The monoisotopic (exact) mass is 268 g/mol. The lowest BCUT2D eigenvalue weighted by Crippen LogP contribution is -2.15. The van der Waals surface area contributed by atoms with E-state index in [1.54, 1.807) is 16.8 Å². The van der Waals surface area contributed by atoms with Gasteiger partial charge in [0.15, 0.2) is 0 Å². The number of nitrogens with two attached hydrogens (primary N) is 1. The Kier molecular flexibility index (Phi) is 3.85. The lowest BCUT2D eigenvalue weighted by atomic mass is 10.0. The van der Waals surface area contributed by atoms with E-state index in [1.807, 2.05) is 26.0 Å². The van der Waals surface area contributed by atoms with Crippen LogP contribution >= 0.6 is 0 Å². The molecule has 0 saturated carbocycles. The lowest BCUT2D eigenvalue weighted by Gasteiger charge is -2.04. The first kappa shape index (κ1) is 13.8. The summed E-state index contributed by atoms with van der Waals surface area (Å²) in [5.74, 6) is -0.336. The van der Waals surface area contributed by atoms with Crippen LogP contribution in [0.2, 0.25) is 0 Å². The van der Waals surface area contributed by atoms with Gasteiger partial charge in [-0.1, -0.05) is 12.1 Å². The molecule has 102 valence electrons. The second-order valence-corrected chi connectivity index (χ2v) is 4.67. The Hall–Kier alpha value is -2.61. The minimum Gasteiger partial charge on any atom is -0.370 e. The zero-order valence-electron chi connectivity index (χ0n) is 11.6. The van der Waals surface area contributed by atoms with Crippen LogP contribution in [-0.4, -0.2) is 15.7 Å². The van der Waals surface area contributed by atoms with Gasteiger partial charge in [0.25, 0.3) is 0 Å². The molecule has 0 saturated heterocycles. The molecule has 2 aromatic rings. The molecule has 20 heavy (non-hydrogen) atoms. The number of aromatic nitrogens is 2. The molecule has 0 unspecified atom stereocenters. The maximum absolute atomic E-state index is 10.9. The van der Waals surface area contributed by atoms with Crippen LogP contribution in [0.4, 0.5) is 0 Å². The number of carbonyl (C=O) groups excluding carboxylic acids is 1. The summed E-state index contributed by atoms with van der Waals surface area (Å²) < 4.78 is 1.80. The van der Waals surface area contributed by atoms with Crippen LogP contribution in [0.25, 0.3) is 11.1 Å². The Morgan fingerprint density at radius 1 is 1.35 bits per heavy atom. The molecule has 1 aromatic carbocycles. The van der Waals surface area contributed by atoms with Crippen LogP contribution in [0.3, 0.4) is 0 Å². The van der Waals surface area contributed by atoms with Crippen molar-refractivity contribution in [2.45, 2.75) is 26.8 Å². The Balaban J connectivity index is 2.36. The van der Waals surface area contributed by atoms with Crippen molar-refractivity contribution in [3.63, 3.8) is 0 Å². The van der Waals surface area contributed by atoms with Crippen LogP contribution in [0.1, 0.15) is 23.4 Å². The van der Waals surface area contributed by atoms with E-state index in [2.05, 4.69) is 11.2 Å². The Labute approximate surface area is 117 Å². The predicted octanol–water partition coefficient (Wildman–Crippen LogP) is 1.91. The normalized spacial score (nSPS) is 10.2. The third kappa shape index (κ3) is 2.69. The molecule has 2 rings (SSSR count). The van der Waals surface area contributed by atoms with E-state index >= 15 is 0 Å². The minimum absolute atomic E-state index is 0.273. The molecule has 5 heteroatoms. The van der Waals surface area contributed by atoms with E-state index in [0.717, 1.165) is 22.5 Å². The molecule has 0 spiro atoms. The van der Waals surface area contributed by atoms with Crippen LogP contribution in [0.15, 0.2) is 24.3 Å². The highest BCUT2D eigenvalue weighted by Crippen LogP contribution is 2.27. The fraction of sp³-hybridized carbons (Fsp3) is 0.267. The van der Waals surface area contributed by atoms with Crippen molar-refractivity contribution in [1.29, 1.82) is 5.26 Å².